The maximum atomic E-state index is 13.3. The molecule has 174 valence electrons. The summed E-state index contributed by atoms with van der Waals surface area (Å²) in [5, 5.41) is 11.9. The first-order chi connectivity index (χ1) is 15.9. The van der Waals surface area contributed by atoms with E-state index in [-0.39, 0.29) is 18.0 Å². The number of amides is 3. The number of rotatable bonds is 6. The van der Waals surface area contributed by atoms with Crippen LogP contribution in [0.5, 0.6) is 0 Å². The van der Waals surface area contributed by atoms with Crippen LogP contribution in [0.2, 0.25) is 0 Å². The van der Waals surface area contributed by atoms with Crippen molar-refractivity contribution in [1.29, 1.82) is 0 Å². The first-order valence-corrected chi connectivity index (χ1v) is 11.4. The van der Waals surface area contributed by atoms with Gasteiger partial charge in [0.05, 0.1) is 28.9 Å². The third kappa shape index (κ3) is 4.76. The summed E-state index contributed by atoms with van der Waals surface area (Å²) in [7, 11) is 0. The molecule has 0 spiro atoms. The molecule has 33 heavy (non-hydrogen) atoms. The minimum absolute atomic E-state index is 0.109. The molecule has 3 amide bonds. The second-order valence-electron chi connectivity index (χ2n) is 8.59. The van der Waals surface area contributed by atoms with Gasteiger partial charge in [-0.05, 0) is 39.2 Å². The van der Waals surface area contributed by atoms with Crippen molar-refractivity contribution < 1.29 is 9.59 Å². The number of hydrogen-bond donors (Lipinski definition) is 3. The summed E-state index contributed by atoms with van der Waals surface area (Å²) in [5.41, 5.74) is 9.57. The summed E-state index contributed by atoms with van der Waals surface area (Å²) in [4.78, 5) is 31.0. The number of nitrogens with one attached hydrogen (secondary N) is 2. The van der Waals surface area contributed by atoms with E-state index < -0.39 is 6.03 Å². The average molecular weight is 450 g/mol. The molecule has 0 bridgehead atoms. The number of piperidine rings is 1. The lowest BCUT2D eigenvalue weighted by Crippen LogP contribution is -2.45. The van der Waals surface area contributed by atoms with Gasteiger partial charge in [-0.15, -0.1) is 0 Å². The summed E-state index contributed by atoms with van der Waals surface area (Å²) in [6, 6.07) is 7.69. The fraction of sp³-hybridized carbons (Fsp3) is 0.417. The van der Waals surface area contributed by atoms with E-state index in [1.807, 2.05) is 49.7 Å². The van der Waals surface area contributed by atoms with Crippen molar-refractivity contribution in [3.05, 3.63) is 53.3 Å². The number of carbonyl (C=O) groups is 2. The number of anilines is 1. The van der Waals surface area contributed by atoms with E-state index in [0.717, 1.165) is 35.1 Å². The fourth-order valence-electron chi connectivity index (χ4n) is 4.25. The Hall–Kier alpha value is -3.62. The Morgan fingerprint density at radius 1 is 1.18 bits per heavy atom. The first-order valence-electron chi connectivity index (χ1n) is 11.4. The van der Waals surface area contributed by atoms with E-state index in [1.165, 1.54) is 5.56 Å². The van der Waals surface area contributed by atoms with E-state index in [9.17, 15) is 9.59 Å². The van der Waals surface area contributed by atoms with Gasteiger partial charge >= 0.3 is 6.03 Å². The number of nitrogens with two attached hydrogens (primary N) is 1. The lowest BCUT2D eigenvalue weighted by molar-refractivity contribution is 0.0940. The lowest BCUT2D eigenvalue weighted by Gasteiger charge is -2.32. The largest absolute Gasteiger partial charge is 0.381 e. The Morgan fingerprint density at radius 2 is 1.88 bits per heavy atom. The molecule has 1 fully saturated rings. The number of urea groups is 1. The molecule has 3 aromatic rings. The summed E-state index contributed by atoms with van der Waals surface area (Å²) >= 11 is 0. The molecule has 1 atom stereocenters. The van der Waals surface area contributed by atoms with E-state index in [1.54, 1.807) is 17.3 Å². The van der Waals surface area contributed by atoms with Gasteiger partial charge in [-0.1, -0.05) is 29.8 Å². The summed E-state index contributed by atoms with van der Waals surface area (Å²) in [6.45, 7) is 7.86. The van der Waals surface area contributed by atoms with Crippen LogP contribution in [0.15, 0.2) is 36.7 Å². The highest BCUT2D eigenvalue weighted by Crippen LogP contribution is 2.29. The third-order valence-electron chi connectivity index (χ3n) is 6.29. The van der Waals surface area contributed by atoms with Crippen molar-refractivity contribution in [3.8, 4) is 0 Å². The number of hydrogen-bond acceptors (Lipinski definition) is 5. The molecule has 2 aromatic heterocycles. The molecule has 9 heteroatoms. The molecular weight excluding hydrogens is 418 g/mol. The zero-order valence-electron chi connectivity index (χ0n) is 19.3. The highest BCUT2D eigenvalue weighted by molar-refractivity contribution is 6.06. The number of aromatic nitrogens is 3. The van der Waals surface area contributed by atoms with Crippen LogP contribution in [0.3, 0.4) is 0 Å². The van der Waals surface area contributed by atoms with E-state index in [4.69, 9.17) is 5.73 Å². The second-order valence-corrected chi connectivity index (χ2v) is 8.59. The number of pyridine rings is 1. The number of fused-ring (bicyclic) bond motifs is 1. The quantitative estimate of drug-likeness (QED) is 0.534. The molecule has 1 aliphatic heterocycles. The number of primary amides is 1. The Morgan fingerprint density at radius 3 is 2.52 bits per heavy atom. The van der Waals surface area contributed by atoms with Gasteiger partial charge in [-0.25, -0.2) is 14.5 Å². The smallest absolute Gasteiger partial charge is 0.314 e. The van der Waals surface area contributed by atoms with Gasteiger partial charge < -0.3 is 21.3 Å². The van der Waals surface area contributed by atoms with Crippen molar-refractivity contribution >= 4 is 28.7 Å². The van der Waals surface area contributed by atoms with Crippen molar-refractivity contribution in [3.63, 3.8) is 0 Å². The van der Waals surface area contributed by atoms with Crippen LogP contribution in [-0.2, 0) is 6.54 Å². The van der Waals surface area contributed by atoms with Gasteiger partial charge in [0.15, 0.2) is 5.65 Å². The normalized spacial score (nSPS) is 15.4. The molecule has 4 N–H and O–H groups in total. The van der Waals surface area contributed by atoms with Gasteiger partial charge in [0, 0.05) is 31.9 Å². The van der Waals surface area contributed by atoms with Crippen molar-refractivity contribution in [2.24, 2.45) is 5.73 Å². The van der Waals surface area contributed by atoms with Crippen LogP contribution in [0.25, 0.3) is 11.0 Å². The maximum absolute atomic E-state index is 13.3. The van der Waals surface area contributed by atoms with Crippen molar-refractivity contribution in [2.45, 2.75) is 52.2 Å². The van der Waals surface area contributed by atoms with Crippen LogP contribution < -0.4 is 16.4 Å². The van der Waals surface area contributed by atoms with E-state index in [0.29, 0.717) is 25.2 Å². The topological polar surface area (TPSA) is 118 Å². The molecule has 9 nitrogen and oxygen atoms in total. The number of aryl methyl sites for hydroxylation is 2. The maximum Gasteiger partial charge on any atom is 0.314 e. The molecule has 3 heterocycles. The molecule has 1 saturated heterocycles. The van der Waals surface area contributed by atoms with Gasteiger partial charge in [-0.3, -0.25) is 4.79 Å². The Bertz CT molecular complexity index is 1150. The molecule has 0 saturated carbocycles. The second kappa shape index (κ2) is 9.48. The van der Waals surface area contributed by atoms with Crippen LogP contribution >= 0.6 is 0 Å². The number of carbonyl (C=O) groups excluding carboxylic acids is 2. The monoisotopic (exact) mass is 449 g/mol. The Labute approximate surface area is 193 Å². The molecule has 1 aromatic carbocycles. The summed E-state index contributed by atoms with van der Waals surface area (Å²) in [6.07, 6.45) is 4.87. The third-order valence-corrected chi connectivity index (χ3v) is 6.29. The lowest BCUT2D eigenvalue weighted by atomic mass is 10.0. The SMILES string of the molecule is CCn1ncc2c(NC3CCN(C(N)=O)CC3)c(C(=O)NC(C)c3ccc(C)cc3)cnc21. The van der Waals surface area contributed by atoms with E-state index in [2.05, 4.69) is 20.7 Å². The van der Waals surface area contributed by atoms with Gasteiger partial charge in [0.1, 0.15) is 0 Å². The molecule has 4 rings (SSSR count). The van der Waals surface area contributed by atoms with Gasteiger partial charge in [0.2, 0.25) is 0 Å². The van der Waals surface area contributed by atoms with Crippen molar-refractivity contribution in [1.82, 2.24) is 25.0 Å². The van der Waals surface area contributed by atoms with Crippen LogP contribution in [0.1, 0.15) is 54.2 Å². The Kier molecular flexibility index (Phi) is 6.48. The van der Waals surface area contributed by atoms with Crippen LogP contribution in [0.4, 0.5) is 10.5 Å². The van der Waals surface area contributed by atoms with Gasteiger partial charge in [-0.2, -0.15) is 5.10 Å². The zero-order valence-corrected chi connectivity index (χ0v) is 19.3. The molecule has 1 aliphatic rings. The predicted molar refractivity (Wildman–Crippen MR) is 128 cm³/mol. The number of likely N-dealkylation sites (tertiary alicyclic amines) is 1. The van der Waals surface area contributed by atoms with Gasteiger partial charge in [0.25, 0.3) is 5.91 Å². The summed E-state index contributed by atoms with van der Waals surface area (Å²) < 4.78 is 1.81. The minimum atomic E-state index is -0.394. The standard InChI is InChI=1S/C24H31N7O2/c1-4-31-22-19(14-27-31)21(29-18-9-11-30(12-10-18)24(25)33)20(13-26-22)23(32)28-16(3)17-7-5-15(2)6-8-17/h5-8,13-14,16,18H,4,9-12H2,1-3H3,(H2,25,33)(H,26,29)(H,28,32). The number of nitrogens with zero attached hydrogens (tertiary/aromatic N) is 4. The molecule has 1 unspecified atom stereocenters. The summed E-state index contributed by atoms with van der Waals surface area (Å²) in [5.74, 6) is -0.196. The highest BCUT2D eigenvalue weighted by Gasteiger charge is 2.25. The average Bonchev–Trinajstić information content (AvgIpc) is 3.23. The first kappa shape index (κ1) is 22.6. The van der Waals surface area contributed by atoms with Crippen molar-refractivity contribution in [2.75, 3.05) is 18.4 Å². The number of benzene rings is 1. The fourth-order valence-corrected chi connectivity index (χ4v) is 4.25. The van der Waals surface area contributed by atoms with E-state index >= 15 is 0 Å². The van der Waals surface area contributed by atoms with Crippen LogP contribution in [0, 0.1) is 6.92 Å². The van der Waals surface area contributed by atoms with Crippen LogP contribution in [-0.4, -0.2) is 50.7 Å². The molecule has 0 aliphatic carbocycles. The molecular formula is C24H31N7O2. The minimum Gasteiger partial charge on any atom is -0.381 e. The highest BCUT2D eigenvalue weighted by atomic mass is 16.2. The predicted octanol–water partition coefficient (Wildman–Crippen LogP) is 3.21. The molecule has 0 radical (unpaired) electrons. The zero-order chi connectivity index (χ0) is 23.5. The Balaban J connectivity index is 1.61.